The van der Waals surface area contributed by atoms with Crippen LogP contribution in [0.25, 0.3) is 28.1 Å². The van der Waals surface area contributed by atoms with Crippen molar-refractivity contribution in [1.29, 1.82) is 0 Å². The van der Waals surface area contributed by atoms with Gasteiger partial charge < -0.3 is 14.8 Å². The van der Waals surface area contributed by atoms with Gasteiger partial charge in [-0.2, -0.15) is 0 Å². The summed E-state index contributed by atoms with van der Waals surface area (Å²) in [4.78, 5) is 29.2. The van der Waals surface area contributed by atoms with E-state index in [2.05, 4.69) is 4.98 Å². The number of carbonyl (C=O) groups is 2. The zero-order valence-electron chi connectivity index (χ0n) is 19.7. The number of hydrogen-bond donors (Lipinski definition) is 2. The minimum atomic E-state index is -0.983. The standard InChI is InChI=1S/C28H21FN2O4S2/c1-35-24-7-4-17(12-21(24)20-14-19-8-10-30-23(19)15-22(20)29)13-25-26(32)31(28(36)37-25)11-9-16-2-5-18(6-3-16)27(33)34/h2-8,10,12-15,30H,9,11H2,1H3,(H,33,34). The largest absolute Gasteiger partial charge is 0.496 e. The molecule has 0 radical (unpaired) electrons. The van der Waals surface area contributed by atoms with Crippen molar-refractivity contribution in [2.75, 3.05) is 13.7 Å². The van der Waals surface area contributed by atoms with Gasteiger partial charge in [0.1, 0.15) is 15.9 Å². The van der Waals surface area contributed by atoms with Gasteiger partial charge in [0, 0.05) is 34.8 Å². The highest BCUT2D eigenvalue weighted by molar-refractivity contribution is 8.26. The quantitative estimate of drug-likeness (QED) is 0.220. The lowest BCUT2D eigenvalue weighted by atomic mass is 9.99. The molecule has 0 bridgehead atoms. The molecule has 2 N–H and O–H groups in total. The second-order valence-electron chi connectivity index (χ2n) is 8.44. The Labute approximate surface area is 221 Å². The summed E-state index contributed by atoms with van der Waals surface area (Å²) in [6, 6.07) is 17.0. The van der Waals surface area contributed by atoms with Crippen molar-refractivity contribution in [1.82, 2.24) is 9.88 Å². The third-order valence-corrected chi connectivity index (χ3v) is 7.53. The maximum Gasteiger partial charge on any atom is 0.335 e. The predicted molar refractivity (Wildman–Crippen MR) is 147 cm³/mol. The van der Waals surface area contributed by atoms with E-state index in [0.717, 1.165) is 10.9 Å². The number of thiocarbonyl (C=S) groups is 1. The fourth-order valence-corrected chi connectivity index (χ4v) is 5.51. The molecule has 5 rings (SSSR count). The molecule has 6 nitrogen and oxygen atoms in total. The number of carboxylic acids is 1. The highest BCUT2D eigenvalue weighted by Crippen LogP contribution is 2.37. The zero-order valence-corrected chi connectivity index (χ0v) is 21.3. The van der Waals surface area contributed by atoms with Crippen LogP contribution in [0, 0.1) is 5.82 Å². The molecule has 1 fully saturated rings. The molecular formula is C28H21FN2O4S2. The number of carbonyl (C=O) groups excluding carboxylic acids is 1. The summed E-state index contributed by atoms with van der Waals surface area (Å²) >= 11 is 6.67. The van der Waals surface area contributed by atoms with Crippen LogP contribution in [0.2, 0.25) is 0 Å². The number of aromatic carboxylic acids is 1. The molecule has 9 heteroatoms. The SMILES string of the molecule is COc1ccc(C=C2SC(=S)N(CCc3ccc(C(=O)O)cc3)C2=O)cc1-c1cc2cc[nH]c2cc1F. The van der Waals surface area contributed by atoms with E-state index in [4.69, 9.17) is 22.1 Å². The van der Waals surface area contributed by atoms with Crippen molar-refractivity contribution in [2.45, 2.75) is 6.42 Å². The minimum absolute atomic E-state index is 0.200. The molecular weight excluding hydrogens is 511 g/mol. The molecule has 3 aromatic carbocycles. The number of nitrogens with one attached hydrogen (secondary N) is 1. The van der Waals surface area contributed by atoms with Crippen LogP contribution < -0.4 is 4.74 Å². The van der Waals surface area contributed by atoms with Gasteiger partial charge in [-0.25, -0.2) is 9.18 Å². The van der Waals surface area contributed by atoms with Gasteiger partial charge in [0.25, 0.3) is 5.91 Å². The fourth-order valence-electron chi connectivity index (χ4n) is 4.21. The van der Waals surface area contributed by atoms with Crippen LogP contribution in [0.3, 0.4) is 0 Å². The molecule has 1 saturated heterocycles. The molecule has 4 aromatic rings. The number of benzene rings is 3. The molecule has 186 valence electrons. The molecule has 37 heavy (non-hydrogen) atoms. The number of hydrogen-bond acceptors (Lipinski definition) is 5. The Bertz CT molecular complexity index is 1580. The number of aromatic nitrogens is 1. The minimum Gasteiger partial charge on any atom is -0.496 e. The second kappa shape index (κ2) is 10.2. The van der Waals surface area contributed by atoms with Crippen LogP contribution in [-0.2, 0) is 11.2 Å². The molecule has 0 aliphatic carbocycles. The van der Waals surface area contributed by atoms with Crippen LogP contribution in [-0.4, -0.2) is 44.8 Å². The van der Waals surface area contributed by atoms with E-state index in [1.807, 2.05) is 12.1 Å². The summed E-state index contributed by atoms with van der Waals surface area (Å²) in [5, 5.41) is 9.93. The molecule has 1 aliphatic rings. The topological polar surface area (TPSA) is 82.6 Å². The highest BCUT2D eigenvalue weighted by atomic mass is 32.2. The molecule has 1 aliphatic heterocycles. The van der Waals surface area contributed by atoms with Crippen LogP contribution >= 0.6 is 24.0 Å². The van der Waals surface area contributed by atoms with Gasteiger partial charge in [-0.1, -0.05) is 42.2 Å². The Morgan fingerprint density at radius 3 is 2.65 bits per heavy atom. The molecule has 0 atom stereocenters. The van der Waals surface area contributed by atoms with Crippen molar-refractivity contribution in [3.05, 3.63) is 94.3 Å². The number of halogens is 1. The number of nitrogens with zero attached hydrogens (tertiary/aromatic N) is 1. The lowest BCUT2D eigenvalue weighted by molar-refractivity contribution is -0.122. The number of aromatic amines is 1. The zero-order chi connectivity index (χ0) is 26.1. The fraction of sp³-hybridized carbons (Fsp3) is 0.107. The average Bonchev–Trinajstić information content (AvgIpc) is 3.45. The summed E-state index contributed by atoms with van der Waals surface area (Å²) in [6.45, 7) is 0.379. The number of H-pyrrole nitrogens is 1. The number of methoxy groups -OCH3 is 1. The first-order valence-corrected chi connectivity index (χ1v) is 12.6. The lowest BCUT2D eigenvalue weighted by Gasteiger charge is -2.14. The van der Waals surface area contributed by atoms with Crippen molar-refractivity contribution >= 4 is 57.2 Å². The predicted octanol–water partition coefficient (Wildman–Crippen LogP) is 6.12. The van der Waals surface area contributed by atoms with Crippen molar-refractivity contribution in [2.24, 2.45) is 0 Å². The first kappa shape index (κ1) is 24.7. The van der Waals surface area contributed by atoms with Gasteiger partial charge in [-0.3, -0.25) is 9.69 Å². The van der Waals surface area contributed by atoms with Crippen molar-refractivity contribution in [3.8, 4) is 16.9 Å². The van der Waals surface area contributed by atoms with Gasteiger partial charge in [-0.15, -0.1) is 0 Å². The van der Waals surface area contributed by atoms with Crippen LogP contribution in [0.1, 0.15) is 21.5 Å². The number of amides is 1. The van der Waals surface area contributed by atoms with Crippen molar-refractivity contribution in [3.63, 3.8) is 0 Å². The van der Waals surface area contributed by atoms with E-state index < -0.39 is 5.97 Å². The number of ether oxygens (including phenoxy) is 1. The number of thioether (sulfide) groups is 1. The Morgan fingerprint density at radius 2 is 1.92 bits per heavy atom. The van der Waals surface area contributed by atoms with Gasteiger partial charge in [0.2, 0.25) is 0 Å². The van der Waals surface area contributed by atoms with E-state index in [0.29, 0.717) is 50.1 Å². The highest BCUT2D eigenvalue weighted by Gasteiger charge is 2.31. The second-order valence-corrected chi connectivity index (χ2v) is 10.1. The lowest BCUT2D eigenvalue weighted by Crippen LogP contribution is -2.30. The van der Waals surface area contributed by atoms with Crippen LogP contribution in [0.4, 0.5) is 4.39 Å². The molecule has 1 aromatic heterocycles. The number of fused-ring (bicyclic) bond motifs is 1. The summed E-state index contributed by atoms with van der Waals surface area (Å²) in [7, 11) is 1.53. The molecule has 1 amide bonds. The Morgan fingerprint density at radius 1 is 1.14 bits per heavy atom. The van der Waals surface area contributed by atoms with Gasteiger partial charge in [0.15, 0.2) is 0 Å². The number of carboxylic acid groups (broad SMARTS) is 1. The Kier molecular flexibility index (Phi) is 6.82. The first-order chi connectivity index (χ1) is 17.8. The van der Waals surface area contributed by atoms with Gasteiger partial charge in [0.05, 0.1) is 17.6 Å². The molecule has 2 heterocycles. The molecule has 0 unspecified atom stereocenters. The van der Waals surface area contributed by atoms with Gasteiger partial charge in [-0.05, 0) is 66.1 Å². The van der Waals surface area contributed by atoms with E-state index in [9.17, 15) is 14.0 Å². The third kappa shape index (κ3) is 5.00. The van der Waals surface area contributed by atoms with Gasteiger partial charge >= 0.3 is 5.97 Å². The number of rotatable bonds is 7. The summed E-state index contributed by atoms with van der Waals surface area (Å²) in [5.41, 5.74) is 3.53. The van der Waals surface area contributed by atoms with E-state index in [1.165, 1.54) is 24.9 Å². The van der Waals surface area contributed by atoms with Crippen LogP contribution in [0.5, 0.6) is 5.75 Å². The maximum atomic E-state index is 15.0. The third-order valence-electron chi connectivity index (χ3n) is 6.15. The Balaban J connectivity index is 1.38. The smallest absolute Gasteiger partial charge is 0.335 e. The van der Waals surface area contributed by atoms with E-state index in [1.54, 1.807) is 59.6 Å². The van der Waals surface area contributed by atoms with E-state index in [-0.39, 0.29) is 17.3 Å². The molecule has 0 spiro atoms. The first-order valence-electron chi connectivity index (χ1n) is 11.4. The molecule has 0 saturated carbocycles. The monoisotopic (exact) mass is 532 g/mol. The van der Waals surface area contributed by atoms with E-state index >= 15 is 0 Å². The maximum absolute atomic E-state index is 15.0. The summed E-state index contributed by atoms with van der Waals surface area (Å²) in [5.74, 6) is -1.04. The summed E-state index contributed by atoms with van der Waals surface area (Å²) < 4.78 is 20.9. The van der Waals surface area contributed by atoms with Crippen molar-refractivity contribution < 1.29 is 23.8 Å². The Hall–Kier alpha value is -3.95. The summed E-state index contributed by atoms with van der Waals surface area (Å²) in [6.07, 6.45) is 4.04. The average molecular weight is 533 g/mol. The normalized spacial score (nSPS) is 14.6. The van der Waals surface area contributed by atoms with Crippen LogP contribution in [0.15, 0.2) is 71.8 Å².